The second-order valence-corrected chi connectivity index (χ2v) is 2.99. The molecule has 2 nitrogen and oxygen atoms in total. The maximum Gasteiger partial charge on any atom is 0.272 e. The fraction of sp³-hybridized carbons (Fsp3) is 0.222. The van der Waals surface area contributed by atoms with E-state index in [9.17, 15) is 8.78 Å². The van der Waals surface area contributed by atoms with Gasteiger partial charge >= 0.3 is 0 Å². The molecule has 0 aliphatic rings. The van der Waals surface area contributed by atoms with Crippen LogP contribution >= 0.6 is 0 Å². The first-order chi connectivity index (χ1) is 6.09. The molecule has 68 valence electrons. The number of para-hydroxylation sites is 1. The maximum absolute atomic E-state index is 13.0. The van der Waals surface area contributed by atoms with Gasteiger partial charge in [0.05, 0.1) is 17.4 Å². The van der Waals surface area contributed by atoms with Gasteiger partial charge in [-0.3, -0.25) is 0 Å². The third kappa shape index (κ3) is 1.28. The van der Waals surface area contributed by atoms with Crippen molar-refractivity contribution >= 4 is 11.0 Å². The summed E-state index contributed by atoms with van der Waals surface area (Å²) in [7, 11) is 0. The SMILES string of the molecule is CC(F)(F)c1cccc2[nH]cnc12. The van der Waals surface area contributed by atoms with Gasteiger partial charge in [0.15, 0.2) is 0 Å². The van der Waals surface area contributed by atoms with Gasteiger partial charge in [-0.1, -0.05) is 12.1 Å². The summed E-state index contributed by atoms with van der Waals surface area (Å²) in [6.45, 7) is 0.871. The van der Waals surface area contributed by atoms with Crippen molar-refractivity contribution in [3.05, 3.63) is 30.1 Å². The highest BCUT2D eigenvalue weighted by atomic mass is 19.3. The zero-order valence-corrected chi connectivity index (χ0v) is 7.01. The van der Waals surface area contributed by atoms with E-state index in [-0.39, 0.29) is 5.56 Å². The topological polar surface area (TPSA) is 28.7 Å². The van der Waals surface area contributed by atoms with Gasteiger partial charge in [0.2, 0.25) is 0 Å². The number of fused-ring (bicyclic) bond motifs is 1. The minimum absolute atomic E-state index is 0.0359. The Balaban J connectivity index is 2.75. The highest BCUT2D eigenvalue weighted by Crippen LogP contribution is 2.31. The number of imidazole rings is 1. The van der Waals surface area contributed by atoms with Gasteiger partial charge in [0, 0.05) is 12.5 Å². The lowest BCUT2D eigenvalue weighted by Crippen LogP contribution is -2.07. The van der Waals surface area contributed by atoms with E-state index >= 15 is 0 Å². The first kappa shape index (κ1) is 8.16. The first-order valence-corrected chi connectivity index (χ1v) is 3.89. The van der Waals surface area contributed by atoms with Crippen molar-refractivity contribution in [2.24, 2.45) is 0 Å². The molecule has 0 spiro atoms. The van der Waals surface area contributed by atoms with Crippen molar-refractivity contribution in [3.8, 4) is 0 Å². The van der Waals surface area contributed by atoms with Crippen LogP contribution in [0.3, 0.4) is 0 Å². The molecule has 0 saturated carbocycles. The Morgan fingerprint density at radius 1 is 1.38 bits per heavy atom. The molecule has 0 fully saturated rings. The van der Waals surface area contributed by atoms with Crippen LogP contribution < -0.4 is 0 Å². The van der Waals surface area contributed by atoms with Crippen LogP contribution in [0.2, 0.25) is 0 Å². The molecule has 1 aromatic carbocycles. The average molecular weight is 182 g/mol. The van der Waals surface area contributed by atoms with Crippen LogP contribution in [-0.2, 0) is 5.92 Å². The van der Waals surface area contributed by atoms with Crippen molar-refractivity contribution in [1.82, 2.24) is 9.97 Å². The molecule has 13 heavy (non-hydrogen) atoms. The van der Waals surface area contributed by atoms with Crippen molar-refractivity contribution in [2.45, 2.75) is 12.8 Å². The van der Waals surface area contributed by atoms with Crippen molar-refractivity contribution in [1.29, 1.82) is 0 Å². The number of hydrogen-bond donors (Lipinski definition) is 1. The molecule has 0 radical (unpaired) electrons. The first-order valence-electron chi connectivity index (χ1n) is 3.89. The lowest BCUT2D eigenvalue weighted by atomic mass is 10.1. The number of benzene rings is 1. The summed E-state index contributed by atoms with van der Waals surface area (Å²) in [5.41, 5.74) is 0.945. The number of H-pyrrole nitrogens is 1. The van der Waals surface area contributed by atoms with Gasteiger partial charge in [-0.25, -0.2) is 13.8 Å². The van der Waals surface area contributed by atoms with E-state index in [1.165, 1.54) is 12.4 Å². The summed E-state index contributed by atoms with van der Waals surface area (Å²) in [4.78, 5) is 6.64. The summed E-state index contributed by atoms with van der Waals surface area (Å²) in [5.74, 6) is -2.84. The minimum Gasteiger partial charge on any atom is -0.345 e. The van der Waals surface area contributed by atoms with Crippen LogP contribution in [0.1, 0.15) is 12.5 Å². The number of rotatable bonds is 1. The number of nitrogens with zero attached hydrogens (tertiary/aromatic N) is 1. The van der Waals surface area contributed by atoms with E-state index in [4.69, 9.17) is 0 Å². The fourth-order valence-corrected chi connectivity index (χ4v) is 1.32. The van der Waals surface area contributed by atoms with Crippen LogP contribution in [-0.4, -0.2) is 9.97 Å². The molecule has 0 atom stereocenters. The Morgan fingerprint density at radius 2 is 2.15 bits per heavy atom. The van der Waals surface area contributed by atoms with Crippen molar-refractivity contribution in [3.63, 3.8) is 0 Å². The molecular weight excluding hydrogens is 174 g/mol. The number of aromatic nitrogens is 2. The van der Waals surface area contributed by atoms with Crippen LogP contribution in [0.25, 0.3) is 11.0 Å². The smallest absolute Gasteiger partial charge is 0.272 e. The molecule has 1 heterocycles. The summed E-state index contributed by atoms with van der Waals surface area (Å²) in [5, 5.41) is 0. The van der Waals surface area contributed by atoms with E-state index < -0.39 is 5.92 Å². The van der Waals surface area contributed by atoms with Gasteiger partial charge < -0.3 is 4.98 Å². The molecule has 0 saturated heterocycles. The molecule has 2 rings (SSSR count). The molecule has 0 aliphatic heterocycles. The Morgan fingerprint density at radius 3 is 2.85 bits per heavy atom. The highest BCUT2D eigenvalue weighted by Gasteiger charge is 2.27. The van der Waals surface area contributed by atoms with Crippen LogP contribution in [0.15, 0.2) is 24.5 Å². The van der Waals surface area contributed by atoms with Gasteiger partial charge in [0.1, 0.15) is 0 Å². The van der Waals surface area contributed by atoms with Gasteiger partial charge in [0.25, 0.3) is 5.92 Å². The Kier molecular flexibility index (Phi) is 1.58. The summed E-state index contributed by atoms with van der Waals surface area (Å²) in [6, 6.07) is 4.70. The molecule has 0 bridgehead atoms. The van der Waals surface area contributed by atoms with Crippen molar-refractivity contribution in [2.75, 3.05) is 0 Å². The Labute approximate surface area is 73.6 Å². The van der Waals surface area contributed by atoms with Crippen LogP contribution in [0, 0.1) is 0 Å². The molecule has 0 aliphatic carbocycles. The predicted molar refractivity (Wildman–Crippen MR) is 45.7 cm³/mol. The third-order valence-electron chi connectivity index (χ3n) is 1.92. The predicted octanol–water partition coefficient (Wildman–Crippen LogP) is 2.67. The zero-order valence-electron chi connectivity index (χ0n) is 7.01. The standard InChI is InChI=1S/C9H8F2N2/c1-9(10,11)6-3-2-4-7-8(6)13-5-12-7/h2-5H,1H3,(H,12,13). The second-order valence-electron chi connectivity index (χ2n) is 2.99. The third-order valence-corrected chi connectivity index (χ3v) is 1.92. The van der Waals surface area contributed by atoms with E-state index in [1.54, 1.807) is 12.1 Å². The number of alkyl halides is 2. The molecule has 1 N–H and O–H groups in total. The lowest BCUT2D eigenvalue weighted by Gasteiger charge is -2.10. The number of aromatic amines is 1. The number of halogens is 2. The summed E-state index contributed by atoms with van der Waals surface area (Å²) < 4.78 is 26.0. The van der Waals surface area contributed by atoms with Gasteiger partial charge in [-0.2, -0.15) is 0 Å². The Hall–Kier alpha value is -1.45. The van der Waals surface area contributed by atoms with E-state index in [2.05, 4.69) is 9.97 Å². The van der Waals surface area contributed by atoms with E-state index in [1.807, 2.05) is 0 Å². The number of hydrogen-bond acceptors (Lipinski definition) is 1. The summed E-state index contributed by atoms with van der Waals surface area (Å²) in [6.07, 6.45) is 1.42. The van der Waals surface area contributed by atoms with Crippen LogP contribution in [0.4, 0.5) is 8.78 Å². The largest absolute Gasteiger partial charge is 0.345 e. The number of nitrogens with one attached hydrogen (secondary N) is 1. The van der Waals surface area contributed by atoms with Gasteiger partial charge in [-0.05, 0) is 6.07 Å². The minimum atomic E-state index is -2.84. The normalized spacial score (nSPS) is 12.2. The van der Waals surface area contributed by atoms with Crippen LogP contribution in [0.5, 0.6) is 0 Å². The zero-order chi connectivity index (χ0) is 9.47. The van der Waals surface area contributed by atoms with E-state index in [0.29, 0.717) is 11.0 Å². The molecule has 2 aromatic rings. The lowest BCUT2D eigenvalue weighted by molar-refractivity contribution is 0.0189. The van der Waals surface area contributed by atoms with E-state index in [0.717, 1.165) is 6.92 Å². The van der Waals surface area contributed by atoms with Gasteiger partial charge in [-0.15, -0.1) is 0 Å². The van der Waals surface area contributed by atoms with Crippen molar-refractivity contribution < 1.29 is 8.78 Å². The molecule has 0 amide bonds. The quantitative estimate of drug-likeness (QED) is 0.721. The molecule has 1 aromatic heterocycles. The summed E-state index contributed by atoms with van der Waals surface area (Å²) >= 11 is 0. The molecule has 0 unspecified atom stereocenters. The maximum atomic E-state index is 13.0. The fourth-order valence-electron chi connectivity index (χ4n) is 1.32. The monoisotopic (exact) mass is 182 g/mol. The Bertz CT molecular complexity index is 428. The average Bonchev–Trinajstić information content (AvgIpc) is 2.48. The highest BCUT2D eigenvalue weighted by molar-refractivity contribution is 5.78. The second kappa shape index (κ2) is 2.52. The molecular formula is C9H8F2N2. The molecule has 4 heteroatoms.